The van der Waals surface area contributed by atoms with Gasteiger partial charge < -0.3 is 9.52 Å². The second-order valence-electron chi connectivity index (χ2n) is 7.19. The molecule has 160 valence electrons. The molecule has 0 aliphatic heterocycles. The number of rotatable bonds is 5. The number of hydrogen-bond acceptors (Lipinski definition) is 5. The van der Waals surface area contributed by atoms with Crippen LogP contribution in [-0.2, 0) is 12.1 Å². The van der Waals surface area contributed by atoms with Gasteiger partial charge in [-0.05, 0) is 29.2 Å². The second kappa shape index (κ2) is 7.66. The van der Waals surface area contributed by atoms with Crippen LogP contribution >= 0.6 is 0 Å². The van der Waals surface area contributed by atoms with E-state index in [0.29, 0.717) is 11.1 Å². The summed E-state index contributed by atoms with van der Waals surface area (Å²) in [5.74, 6) is 0. The van der Waals surface area contributed by atoms with Crippen molar-refractivity contribution in [3.05, 3.63) is 82.5 Å². The Bertz CT molecular complexity index is 1280. The van der Waals surface area contributed by atoms with Gasteiger partial charge in [-0.25, -0.2) is 9.48 Å². The van der Waals surface area contributed by atoms with Crippen LogP contribution in [0.5, 0.6) is 0 Å². The molecule has 31 heavy (non-hydrogen) atoms. The highest BCUT2D eigenvalue weighted by Crippen LogP contribution is 2.40. The van der Waals surface area contributed by atoms with Crippen LogP contribution < -0.4 is 5.63 Å². The Labute approximate surface area is 174 Å². The van der Waals surface area contributed by atoms with E-state index in [-0.39, 0.29) is 6.54 Å². The summed E-state index contributed by atoms with van der Waals surface area (Å²) in [6.07, 6.45) is -4.39. The van der Waals surface area contributed by atoms with Gasteiger partial charge in [0.05, 0.1) is 12.7 Å². The molecule has 1 atom stereocenters. The van der Waals surface area contributed by atoms with E-state index in [9.17, 15) is 23.1 Å². The molecule has 2 aromatic carbocycles. The number of hydrogen-bond donors (Lipinski definition) is 1. The Morgan fingerprint density at radius 3 is 2.52 bits per heavy atom. The minimum absolute atomic E-state index is 0.0832. The first-order chi connectivity index (χ1) is 14.7. The zero-order valence-corrected chi connectivity index (χ0v) is 16.4. The quantitative estimate of drug-likeness (QED) is 0.480. The summed E-state index contributed by atoms with van der Waals surface area (Å²) in [5.41, 5.74) is -1.56. The van der Waals surface area contributed by atoms with Crippen LogP contribution in [0.4, 0.5) is 13.2 Å². The van der Waals surface area contributed by atoms with E-state index in [1.807, 2.05) is 30.3 Å². The van der Waals surface area contributed by atoms with Crippen molar-refractivity contribution in [3.8, 4) is 11.1 Å². The van der Waals surface area contributed by atoms with Gasteiger partial charge in [0, 0.05) is 11.5 Å². The Kier molecular flexibility index (Phi) is 5.14. The van der Waals surface area contributed by atoms with Crippen molar-refractivity contribution in [3.63, 3.8) is 0 Å². The molecule has 2 aromatic heterocycles. The smallest absolute Gasteiger partial charge is 0.423 e. The van der Waals surface area contributed by atoms with Crippen molar-refractivity contribution in [2.75, 3.05) is 0 Å². The fraction of sp³-hybridized carbons (Fsp3) is 0.227. The summed E-state index contributed by atoms with van der Waals surface area (Å²) in [4.78, 5) is 12.1. The third kappa shape index (κ3) is 3.84. The average molecular weight is 429 g/mol. The van der Waals surface area contributed by atoms with E-state index in [1.165, 1.54) is 17.7 Å². The lowest BCUT2D eigenvalue weighted by atomic mass is 9.96. The molecule has 0 saturated carbocycles. The molecule has 1 N–H and O–H groups in total. The summed E-state index contributed by atoms with van der Waals surface area (Å²) < 4.78 is 46.3. The SMILES string of the molecule is CCC(O)(c1cn(Cc2ccc3c(-c4ccccc4)cc(=O)oc3c2)nn1)C(F)(F)F. The van der Waals surface area contributed by atoms with Crippen LogP contribution in [0.2, 0.25) is 0 Å². The van der Waals surface area contributed by atoms with Crippen molar-refractivity contribution >= 4 is 11.0 Å². The van der Waals surface area contributed by atoms with Crippen LogP contribution in [0, 0.1) is 0 Å². The minimum Gasteiger partial charge on any atom is -0.423 e. The van der Waals surface area contributed by atoms with Gasteiger partial charge in [-0.1, -0.05) is 54.6 Å². The summed E-state index contributed by atoms with van der Waals surface area (Å²) in [6, 6.07) is 16.0. The minimum atomic E-state index is -4.87. The number of halogens is 3. The highest BCUT2D eigenvalue weighted by molar-refractivity contribution is 5.93. The van der Waals surface area contributed by atoms with Crippen LogP contribution in [0.15, 0.2) is 70.0 Å². The predicted molar refractivity (Wildman–Crippen MR) is 107 cm³/mol. The third-order valence-corrected chi connectivity index (χ3v) is 5.18. The first kappa shape index (κ1) is 20.8. The van der Waals surface area contributed by atoms with Gasteiger partial charge in [0.1, 0.15) is 11.3 Å². The second-order valence-corrected chi connectivity index (χ2v) is 7.19. The summed E-state index contributed by atoms with van der Waals surface area (Å²) in [6.45, 7) is 1.31. The van der Waals surface area contributed by atoms with Crippen molar-refractivity contribution in [2.45, 2.75) is 31.7 Å². The molecule has 0 bridgehead atoms. The molecular formula is C22H18F3N3O3. The highest BCUT2D eigenvalue weighted by atomic mass is 19.4. The topological polar surface area (TPSA) is 81.2 Å². The zero-order valence-electron chi connectivity index (χ0n) is 16.4. The first-order valence-corrected chi connectivity index (χ1v) is 9.53. The van der Waals surface area contributed by atoms with Crippen LogP contribution in [0.1, 0.15) is 24.6 Å². The van der Waals surface area contributed by atoms with Crippen molar-refractivity contribution < 1.29 is 22.7 Å². The Balaban J connectivity index is 1.68. The van der Waals surface area contributed by atoms with Crippen LogP contribution in [-0.4, -0.2) is 26.3 Å². The fourth-order valence-corrected chi connectivity index (χ4v) is 3.44. The molecule has 9 heteroatoms. The van der Waals surface area contributed by atoms with Gasteiger partial charge in [0.15, 0.2) is 0 Å². The van der Waals surface area contributed by atoms with Crippen molar-refractivity contribution in [1.29, 1.82) is 0 Å². The first-order valence-electron chi connectivity index (χ1n) is 9.53. The largest absolute Gasteiger partial charge is 0.423 e. The lowest BCUT2D eigenvalue weighted by Crippen LogP contribution is -2.42. The van der Waals surface area contributed by atoms with Crippen LogP contribution in [0.25, 0.3) is 22.1 Å². The molecule has 0 amide bonds. The molecule has 0 saturated heterocycles. The monoisotopic (exact) mass is 429 g/mol. The van der Waals surface area contributed by atoms with Gasteiger partial charge in [-0.2, -0.15) is 13.2 Å². The lowest BCUT2D eigenvalue weighted by molar-refractivity contribution is -0.269. The summed E-state index contributed by atoms with van der Waals surface area (Å²) in [7, 11) is 0. The fourth-order valence-electron chi connectivity index (χ4n) is 3.44. The molecular weight excluding hydrogens is 411 g/mol. The summed E-state index contributed by atoms with van der Waals surface area (Å²) in [5, 5.41) is 18.0. The number of aliphatic hydroxyl groups is 1. The molecule has 6 nitrogen and oxygen atoms in total. The van der Waals surface area contributed by atoms with E-state index < -0.39 is 29.5 Å². The Morgan fingerprint density at radius 2 is 1.84 bits per heavy atom. The van der Waals surface area contributed by atoms with E-state index in [0.717, 1.165) is 22.7 Å². The molecule has 0 radical (unpaired) electrons. The highest BCUT2D eigenvalue weighted by Gasteiger charge is 2.55. The average Bonchev–Trinajstić information content (AvgIpc) is 3.21. The Hall–Kier alpha value is -3.46. The Morgan fingerprint density at radius 1 is 1.10 bits per heavy atom. The number of aromatic nitrogens is 3. The lowest BCUT2D eigenvalue weighted by Gasteiger charge is -2.26. The standard InChI is InChI=1S/C22H18F3N3O3/c1-2-21(30,22(23,24)25)19-13-28(27-26-19)12-14-8-9-16-17(15-6-4-3-5-7-15)11-20(29)31-18(16)10-14/h3-11,13,30H,2,12H2,1H3. The van der Waals surface area contributed by atoms with Gasteiger partial charge in [-0.15, -0.1) is 5.10 Å². The van der Waals surface area contributed by atoms with E-state index in [1.54, 1.807) is 18.2 Å². The zero-order chi connectivity index (χ0) is 22.2. The van der Waals surface area contributed by atoms with E-state index >= 15 is 0 Å². The molecule has 4 rings (SSSR count). The summed E-state index contributed by atoms with van der Waals surface area (Å²) >= 11 is 0. The van der Waals surface area contributed by atoms with Crippen molar-refractivity contribution in [1.82, 2.24) is 15.0 Å². The van der Waals surface area contributed by atoms with E-state index in [2.05, 4.69) is 10.3 Å². The van der Waals surface area contributed by atoms with Gasteiger partial charge in [0.25, 0.3) is 0 Å². The number of alkyl halides is 3. The molecule has 0 aliphatic rings. The number of nitrogens with zero attached hydrogens (tertiary/aromatic N) is 3. The maximum atomic E-state index is 13.2. The third-order valence-electron chi connectivity index (χ3n) is 5.18. The molecule has 2 heterocycles. The number of fused-ring (bicyclic) bond motifs is 1. The molecule has 0 aliphatic carbocycles. The van der Waals surface area contributed by atoms with Gasteiger partial charge in [0.2, 0.25) is 5.60 Å². The molecule has 4 aromatic rings. The van der Waals surface area contributed by atoms with Gasteiger partial charge >= 0.3 is 11.8 Å². The normalized spacial score (nSPS) is 14.0. The molecule has 0 fully saturated rings. The predicted octanol–water partition coefficient (Wildman–Crippen LogP) is 4.26. The van der Waals surface area contributed by atoms with Gasteiger partial charge in [-0.3, -0.25) is 0 Å². The molecule has 0 spiro atoms. The molecule has 1 unspecified atom stereocenters. The van der Waals surface area contributed by atoms with Crippen molar-refractivity contribution in [2.24, 2.45) is 0 Å². The maximum absolute atomic E-state index is 13.2. The number of benzene rings is 2. The van der Waals surface area contributed by atoms with E-state index in [4.69, 9.17) is 4.42 Å². The maximum Gasteiger partial charge on any atom is 0.423 e. The van der Waals surface area contributed by atoms with Crippen LogP contribution in [0.3, 0.4) is 0 Å².